The predicted octanol–water partition coefficient (Wildman–Crippen LogP) is 5.35. The van der Waals surface area contributed by atoms with Crippen LogP contribution in [-0.4, -0.2) is 156 Å². The lowest BCUT2D eigenvalue weighted by molar-refractivity contribution is -0.139. The van der Waals surface area contributed by atoms with Crippen LogP contribution in [0.3, 0.4) is 0 Å². The molecule has 5 fully saturated rings. The number of hydrogen-bond acceptors (Lipinski definition) is 11. The van der Waals surface area contributed by atoms with E-state index in [0.717, 1.165) is 82.9 Å². The SMILES string of the molecule is N[C@H](Cc1ccc(Cl)cc1)C(=O)N1CCN(C2CCCCCC2Cn2cncn2)CC1.O=C(N[C@H](Cc1ccc(Cl)cc1)C(=O)N1CCN(C2CCCCCC2Cn2cncn2)CC1)C1CCCNC1. The first-order valence-corrected chi connectivity index (χ1v) is 26.9. The third kappa shape index (κ3) is 14.8. The number of amides is 3. The van der Waals surface area contributed by atoms with E-state index in [1.807, 2.05) is 80.3 Å². The number of piperazine rings is 2. The number of piperidine rings is 1. The minimum atomic E-state index is -0.579. The van der Waals surface area contributed by atoms with Crippen LogP contribution in [0.1, 0.15) is 88.2 Å². The minimum absolute atomic E-state index is 0.0155. The maximum atomic E-state index is 13.8. The van der Waals surface area contributed by atoms with Crippen molar-refractivity contribution in [1.29, 1.82) is 0 Å². The summed E-state index contributed by atoms with van der Waals surface area (Å²) < 4.78 is 3.94. The summed E-state index contributed by atoms with van der Waals surface area (Å²) in [6.07, 6.45) is 22.2. The first kappa shape index (κ1) is 51.9. The largest absolute Gasteiger partial charge is 0.344 e. The average Bonchev–Trinajstić information content (AvgIpc) is 4.00. The Labute approximate surface area is 424 Å². The smallest absolute Gasteiger partial charge is 0.245 e. The highest BCUT2D eigenvalue weighted by molar-refractivity contribution is 6.30. The van der Waals surface area contributed by atoms with Gasteiger partial charge >= 0.3 is 0 Å². The standard InChI is InChI=1S/C29H42ClN7O2.C23H33ClN6O/c30-25-10-8-22(9-11-25)17-26(34-28(38)23-6-4-12-31-18-23)29(39)36-15-13-35(14-16-36)27-7-3-1-2-5-24(27)19-37-21-32-20-33-37;24-20-8-6-18(7-9-20)14-21(25)23(31)29-12-10-28(11-13-29)22-5-3-1-2-4-19(22)15-30-17-26-16-27-30/h8-11,20-21,23-24,26-27,31H,1-7,12-19H2,(H,34,38);6-9,16-17,19,21-22H,1-5,10-15,25H2/t23?,24?,26-,27?;19?,21-,22?/m11/s1. The van der Waals surface area contributed by atoms with E-state index in [0.29, 0.717) is 66.4 Å². The third-order valence-corrected chi connectivity index (χ3v) is 16.0. The van der Waals surface area contributed by atoms with Crippen LogP contribution in [0.15, 0.2) is 73.8 Å². The number of nitrogens with zero attached hydrogens (tertiary/aromatic N) is 10. The summed E-state index contributed by atoms with van der Waals surface area (Å²) in [5, 5.41) is 16.5. The summed E-state index contributed by atoms with van der Waals surface area (Å²) in [6.45, 7) is 9.86. The van der Waals surface area contributed by atoms with Gasteiger partial charge in [-0.2, -0.15) is 10.2 Å². The van der Waals surface area contributed by atoms with Crippen LogP contribution in [0.2, 0.25) is 10.0 Å². The van der Waals surface area contributed by atoms with Crippen LogP contribution in [0.4, 0.5) is 0 Å². The molecule has 3 amide bonds. The van der Waals surface area contributed by atoms with Crippen molar-refractivity contribution in [3.63, 3.8) is 0 Å². The molecule has 0 radical (unpaired) electrons. The Bertz CT molecular complexity index is 2180. The van der Waals surface area contributed by atoms with E-state index in [1.165, 1.54) is 64.2 Å². The highest BCUT2D eigenvalue weighted by Crippen LogP contribution is 2.31. The van der Waals surface area contributed by atoms with Crippen molar-refractivity contribution in [3.8, 4) is 0 Å². The summed E-state index contributed by atoms with van der Waals surface area (Å²) >= 11 is 12.0. The van der Waals surface area contributed by atoms with Crippen molar-refractivity contribution in [2.24, 2.45) is 23.5 Å². The molecule has 5 unspecified atom stereocenters. The van der Waals surface area contributed by atoms with Gasteiger partial charge in [0.25, 0.3) is 0 Å². The molecule has 4 N–H and O–H groups in total. The molecule has 0 spiro atoms. The lowest BCUT2D eigenvalue weighted by Gasteiger charge is -2.42. The van der Waals surface area contributed by atoms with Gasteiger partial charge in [0, 0.05) is 101 Å². The Morgan fingerprint density at radius 3 is 1.57 bits per heavy atom. The van der Waals surface area contributed by atoms with Gasteiger partial charge in [-0.05, 0) is 98.7 Å². The van der Waals surface area contributed by atoms with Gasteiger partial charge < -0.3 is 26.2 Å². The van der Waals surface area contributed by atoms with E-state index in [1.54, 1.807) is 12.7 Å². The van der Waals surface area contributed by atoms with Crippen LogP contribution >= 0.6 is 23.2 Å². The summed E-state index contributed by atoms with van der Waals surface area (Å²) in [4.78, 5) is 57.2. The summed E-state index contributed by atoms with van der Waals surface area (Å²) in [5.74, 6) is 1.07. The molecule has 0 bridgehead atoms. The number of carbonyl (C=O) groups is 3. The summed E-state index contributed by atoms with van der Waals surface area (Å²) in [5.41, 5.74) is 8.29. The zero-order chi connectivity index (χ0) is 48.7. The molecule has 70 heavy (non-hydrogen) atoms. The van der Waals surface area contributed by atoms with Crippen molar-refractivity contribution >= 4 is 40.9 Å². The zero-order valence-corrected chi connectivity index (χ0v) is 42.4. The van der Waals surface area contributed by atoms with E-state index >= 15 is 0 Å². The van der Waals surface area contributed by atoms with Crippen LogP contribution < -0.4 is 16.4 Å². The fraction of sp³-hybridized carbons (Fsp3) is 0.635. The average molecular weight is 1000 g/mol. The maximum Gasteiger partial charge on any atom is 0.245 e. The molecule has 2 aromatic carbocycles. The monoisotopic (exact) mass is 1000 g/mol. The second-order valence-electron chi connectivity index (χ2n) is 20.3. The Hall–Kier alpha value is -4.45. The highest BCUT2D eigenvalue weighted by Gasteiger charge is 2.36. The normalized spacial score (nSPS) is 24.9. The number of benzene rings is 2. The molecule has 9 rings (SSSR count). The molecule has 2 aromatic heterocycles. The first-order valence-electron chi connectivity index (χ1n) is 26.1. The van der Waals surface area contributed by atoms with Gasteiger partial charge in [-0.15, -0.1) is 0 Å². The number of carbonyl (C=O) groups excluding carboxylic acids is 3. The van der Waals surface area contributed by atoms with Gasteiger partial charge in [0.2, 0.25) is 17.7 Å². The first-order chi connectivity index (χ1) is 34.2. The molecule has 7 atom stereocenters. The Balaban J connectivity index is 0.000000193. The van der Waals surface area contributed by atoms with Gasteiger partial charge in [0.05, 0.1) is 12.0 Å². The van der Waals surface area contributed by atoms with E-state index in [9.17, 15) is 14.4 Å². The van der Waals surface area contributed by atoms with Crippen molar-refractivity contribution in [2.75, 3.05) is 65.4 Å². The molecule has 5 heterocycles. The summed E-state index contributed by atoms with van der Waals surface area (Å²) in [7, 11) is 0. The Morgan fingerprint density at radius 2 is 1.10 bits per heavy atom. The van der Waals surface area contributed by atoms with Crippen LogP contribution in [0, 0.1) is 17.8 Å². The lowest BCUT2D eigenvalue weighted by atomic mass is 9.92. The lowest BCUT2D eigenvalue weighted by Crippen LogP contribution is -2.58. The van der Waals surface area contributed by atoms with Crippen molar-refractivity contribution in [3.05, 3.63) is 95.0 Å². The summed E-state index contributed by atoms with van der Waals surface area (Å²) in [6, 6.07) is 15.1. The molecular weight excluding hydrogens is 926 g/mol. The maximum absolute atomic E-state index is 13.8. The van der Waals surface area contributed by atoms with E-state index < -0.39 is 12.1 Å². The van der Waals surface area contributed by atoms with E-state index in [-0.39, 0.29) is 23.6 Å². The van der Waals surface area contributed by atoms with Gasteiger partial charge in [-0.3, -0.25) is 33.5 Å². The molecule has 380 valence electrons. The number of aromatic nitrogens is 6. The van der Waals surface area contributed by atoms with Gasteiger partial charge in [-0.25, -0.2) is 9.97 Å². The topological polar surface area (TPSA) is 176 Å². The van der Waals surface area contributed by atoms with Crippen molar-refractivity contribution in [2.45, 2.75) is 127 Å². The number of rotatable bonds is 14. The van der Waals surface area contributed by atoms with E-state index in [2.05, 4.69) is 40.6 Å². The number of hydrogen-bond donors (Lipinski definition) is 3. The Morgan fingerprint density at radius 1 is 0.614 bits per heavy atom. The second-order valence-corrected chi connectivity index (χ2v) is 21.1. The van der Waals surface area contributed by atoms with E-state index in [4.69, 9.17) is 28.9 Å². The molecule has 3 saturated heterocycles. The highest BCUT2D eigenvalue weighted by atomic mass is 35.5. The van der Waals surface area contributed by atoms with Gasteiger partial charge in [-0.1, -0.05) is 86.0 Å². The van der Waals surface area contributed by atoms with Crippen molar-refractivity contribution < 1.29 is 14.4 Å². The van der Waals surface area contributed by atoms with Gasteiger partial charge in [0.15, 0.2) is 0 Å². The molecule has 2 aliphatic carbocycles. The number of halogens is 2. The van der Waals surface area contributed by atoms with Crippen LogP contribution in [0.5, 0.6) is 0 Å². The molecule has 5 aliphatic rings. The predicted molar refractivity (Wildman–Crippen MR) is 273 cm³/mol. The molecule has 3 aliphatic heterocycles. The fourth-order valence-corrected chi connectivity index (χ4v) is 11.9. The molecule has 18 heteroatoms. The third-order valence-electron chi connectivity index (χ3n) is 15.5. The molecule has 16 nitrogen and oxygen atoms in total. The number of nitrogens with one attached hydrogen (secondary N) is 2. The molecule has 4 aromatic rings. The quantitative estimate of drug-likeness (QED) is 0.139. The zero-order valence-electron chi connectivity index (χ0n) is 40.9. The second kappa shape index (κ2) is 26.3. The van der Waals surface area contributed by atoms with Crippen molar-refractivity contribution in [1.82, 2.24) is 59.8 Å². The van der Waals surface area contributed by atoms with Crippen LogP contribution in [-0.2, 0) is 40.3 Å². The van der Waals surface area contributed by atoms with Crippen LogP contribution in [0.25, 0.3) is 0 Å². The molecule has 2 saturated carbocycles. The van der Waals surface area contributed by atoms with Gasteiger partial charge in [0.1, 0.15) is 31.4 Å². The fourth-order valence-electron chi connectivity index (χ4n) is 11.6. The Kier molecular flexibility index (Phi) is 19.5. The number of nitrogens with two attached hydrogens (primary N) is 1. The molecular formula is C52H75Cl2N13O3. The minimum Gasteiger partial charge on any atom is -0.344 e.